The zero-order chi connectivity index (χ0) is 15.3. The second-order valence-corrected chi connectivity index (χ2v) is 4.80. The van der Waals surface area contributed by atoms with Crippen LogP contribution in [0.1, 0.15) is 12.5 Å². The topological polar surface area (TPSA) is 74.4 Å². The fourth-order valence-corrected chi connectivity index (χ4v) is 2.46. The van der Waals surface area contributed by atoms with Gasteiger partial charge in [0, 0.05) is 18.7 Å². The Morgan fingerprint density at radius 3 is 2.71 bits per heavy atom. The quantitative estimate of drug-likeness (QED) is 0.643. The van der Waals surface area contributed by atoms with E-state index in [2.05, 4.69) is 0 Å². The van der Waals surface area contributed by atoms with Crippen molar-refractivity contribution in [1.82, 2.24) is 4.57 Å². The molecule has 0 N–H and O–H groups in total. The van der Waals surface area contributed by atoms with Crippen LogP contribution in [0.2, 0.25) is 0 Å². The van der Waals surface area contributed by atoms with Gasteiger partial charge in [0.1, 0.15) is 17.1 Å². The average Bonchev–Trinajstić information content (AvgIpc) is 3.15. The van der Waals surface area contributed by atoms with Gasteiger partial charge in [-0.2, -0.15) is 0 Å². The van der Waals surface area contributed by atoms with E-state index in [0.29, 0.717) is 6.07 Å². The summed E-state index contributed by atoms with van der Waals surface area (Å²) in [6, 6.07) is 1.19. The number of non-ortho nitro benzene ring substituents is 1. The summed E-state index contributed by atoms with van der Waals surface area (Å²) in [5.74, 6) is -1.26. The summed E-state index contributed by atoms with van der Waals surface area (Å²) < 4.78 is 33.6. The summed E-state index contributed by atoms with van der Waals surface area (Å²) in [6.07, 6.45) is 0.397. The van der Waals surface area contributed by atoms with Gasteiger partial charge in [0.25, 0.3) is 5.69 Å². The molecule has 110 valence electrons. The van der Waals surface area contributed by atoms with Gasteiger partial charge < -0.3 is 9.30 Å². The predicted octanol–water partition coefficient (Wildman–Crippen LogP) is 2.34. The van der Waals surface area contributed by atoms with Gasteiger partial charge in [-0.3, -0.25) is 14.9 Å². The van der Waals surface area contributed by atoms with Gasteiger partial charge in [-0.25, -0.2) is 8.78 Å². The van der Waals surface area contributed by atoms with Gasteiger partial charge in [0.15, 0.2) is 17.0 Å². The van der Waals surface area contributed by atoms with Crippen molar-refractivity contribution in [3.63, 3.8) is 0 Å². The van der Waals surface area contributed by atoms with Crippen LogP contribution < -0.4 is 10.2 Å². The van der Waals surface area contributed by atoms with Crippen LogP contribution in [0, 0.1) is 15.9 Å². The molecule has 6 nitrogen and oxygen atoms in total. The number of alkyl halides is 1. The third-order valence-electron chi connectivity index (χ3n) is 3.52. The summed E-state index contributed by atoms with van der Waals surface area (Å²) >= 11 is 0. The monoisotopic (exact) mass is 296 g/mol. The first-order valence-electron chi connectivity index (χ1n) is 6.15. The van der Waals surface area contributed by atoms with Crippen molar-refractivity contribution in [1.29, 1.82) is 0 Å². The molecule has 2 aromatic rings. The molecule has 0 amide bonds. The zero-order valence-corrected chi connectivity index (χ0v) is 10.9. The fraction of sp³-hybridized carbons (Fsp3) is 0.308. The van der Waals surface area contributed by atoms with Gasteiger partial charge in [0.05, 0.1) is 24.1 Å². The molecule has 8 heteroatoms. The highest BCUT2D eigenvalue weighted by atomic mass is 19.1. The van der Waals surface area contributed by atoms with E-state index >= 15 is 0 Å². The number of fused-ring (bicyclic) bond motifs is 1. The molecule has 0 saturated heterocycles. The van der Waals surface area contributed by atoms with Crippen molar-refractivity contribution < 1.29 is 18.4 Å². The Hall–Kier alpha value is -2.51. The second-order valence-electron chi connectivity index (χ2n) is 4.80. The molecule has 1 heterocycles. The molecule has 1 aromatic carbocycles. The lowest BCUT2D eigenvalue weighted by atomic mass is 10.1. The van der Waals surface area contributed by atoms with Crippen LogP contribution in [-0.4, -0.2) is 22.8 Å². The van der Waals surface area contributed by atoms with Crippen molar-refractivity contribution >= 4 is 16.6 Å². The Morgan fingerprint density at radius 2 is 2.19 bits per heavy atom. The Morgan fingerprint density at radius 1 is 1.52 bits per heavy atom. The van der Waals surface area contributed by atoms with E-state index in [9.17, 15) is 23.7 Å². The minimum Gasteiger partial charge on any atom is -0.492 e. The number of hydrogen-bond donors (Lipinski definition) is 0. The molecule has 3 rings (SSSR count). The largest absolute Gasteiger partial charge is 0.492 e. The number of rotatable bonds is 3. The summed E-state index contributed by atoms with van der Waals surface area (Å²) in [4.78, 5) is 22.2. The van der Waals surface area contributed by atoms with Crippen molar-refractivity contribution in [3.8, 4) is 5.75 Å². The normalized spacial score (nSPS) is 20.5. The average molecular weight is 296 g/mol. The first kappa shape index (κ1) is 13.5. The molecular formula is C13H10F2N2O4. The highest BCUT2D eigenvalue weighted by Gasteiger charge is 2.40. The number of nitro groups is 1. The number of aromatic nitrogens is 1. The van der Waals surface area contributed by atoms with E-state index in [4.69, 9.17) is 4.74 Å². The van der Waals surface area contributed by atoms with E-state index in [-0.39, 0.29) is 23.1 Å². The Balaban J connectivity index is 2.49. The lowest BCUT2D eigenvalue weighted by molar-refractivity contribution is -0.383. The van der Waals surface area contributed by atoms with Crippen LogP contribution in [-0.2, 0) is 0 Å². The summed E-state index contributed by atoms with van der Waals surface area (Å²) in [5, 5.41) is 10.8. The molecule has 2 atom stereocenters. The van der Waals surface area contributed by atoms with Gasteiger partial charge in [-0.15, -0.1) is 0 Å². The minimum absolute atomic E-state index is 0.0816. The number of nitrogens with zero attached hydrogens (tertiary/aromatic N) is 2. The number of halogens is 2. The molecule has 1 aliphatic carbocycles. The molecule has 0 spiro atoms. The highest BCUT2D eigenvalue weighted by molar-refractivity contribution is 5.93. The van der Waals surface area contributed by atoms with E-state index in [0.717, 1.165) is 6.07 Å². The van der Waals surface area contributed by atoms with E-state index in [1.54, 1.807) is 0 Å². The third kappa shape index (κ3) is 1.94. The number of ether oxygens (including phenoxy) is 1. The fourth-order valence-electron chi connectivity index (χ4n) is 2.46. The molecule has 0 aliphatic heterocycles. The summed E-state index contributed by atoms with van der Waals surface area (Å²) in [5.41, 5.74) is -1.37. The maximum Gasteiger partial charge on any atom is 0.285 e. The van der Waals surface area contributed by atoms with Gasteiger partial charge >= 0.3 is 0 Å². The molecule has 1 fully saturated rings. The lowest BCUT2D eigenvalue weighted by Crippen LogP contribution is -2.12. The predicted molar refractivity (Wildman–Crippen MR) is 69.9 cm³/mol. The number of hydrogen-bond acceptors (Lipinski definition) is 4. The van der Waals surface area contributed by atoms with E-state index in [1.807, 2.05) is 0 Å². The van der Waals surface area contributed by atoms with Crippen LogP contribution in [0.4, 0.5) is 14.5 Å². The molecule has 0 bridgehead atoms. The third-order valence-corrected chi connectivity index (χ3v) is 3.52. The van der Waals surface area contributed by atoms with Crippen LogP contribution in [0.3, 0.4) is 0 Å². The maximum absolute atomic E-state index is 14.0. The van der Waals surface area contributed by atoms with Gasteiger partial charge in [0.2, 0.25) is 0 Å². The minimum atomic E-state index is -1.12. The first-order chi connectivity index (χ1) is 9.95. The van der Waals surface area contributed by atoms with E-state index < -0.39 is 34.1 Å². The molecule has 1 aromatic heterocycles. The number of nitro benzene ring substituents is 1. The van der Waals surface area contributed by atoms with Crippen molar-refractivity contribution in [2.45, 2.75) is 18.6 Å². The summed E-state index contributed by atoms with van der Waals surface area (Å²) in [6.45, 7) is 0. The molecule has 1 saturated carbocycles. The lowest BCUT2D eigenvalue weighted by Gasteiger charge is -2.13. The first-order valence-corrected chi connectivity index (χ1v) is 6.15. The molecule has 1 aliphatic rings. The van der Waals surface area contributed by atoms with Gasteiger partial charge in [-0.1, -0.05) is 0 Å². The van der Waals surface area contributed by atoms with Crippen molar-refractivity contribution in [3.05, 3.63) is 44.5 Å². The highest BCUT2D eigenvalue weighted by Crippen LogP contribution is 2.43. The second kappa shape index (κ2) is 4.51. The zero-order valence-electron chi connectivity index (χ0n) is 10.9. The molecule has 0 radical (unpaired) electrons. The van der Waals surface area contributed by atoms with E-state index in [1.165, 1.54) is 17.9 Å². The number of methoxy groups -OCH3 is 1. The Kier molecular flexibility index (Phi) is 2.89. The maximum atomic E-state index is 14.0. The van der Waals surface area contributed by atoms with Crippen molar-refractivity contribution in [2.75, 3.05) is 7.11 Å². The smallest absolute Gasteiger partial charge is 0.285 e. The Labute approximate surface area is 116 Å². The Bertz CT molecular complexity index is 818. The summed E-state index contributed by atoms with van der Waals surface area (Å²) in [7, 11) is 1.19. The standard InChI is InChI=1S/C13H10F2N2O4/c1-21-13-7(15)5-9(17(19)20)11-10(18)2-3-16(12(11)13)8-4-6(8)14/h2-3,5-6,8H,4H2,1H3/t6-,8+/m0/s1. The van der Waals surface area contributed by atoms with Crippen molar-refractivity contribution in [2.24, 2.45) is 0 Å². The van der Waals surface area contributed by atoms with Crippen LogP contribution >= 0.6 is 0 Å². The number of benzene rings is 1. The van der Waals surface area contributed by atoms with Crippen LogP contribution in [0.25, 0.3) is 10.9 Å². The van der Waals surface area contributed by atoms with Gasteiger partial charge in [-0.05, 0) is 0 Å². The SMILES string of the molecule is COc1c(F)cc([N+](=O)[O-])c2c(=O)ccn([C@@H]3C[C@@H]3F)c12. The molecular weight excluding hydrogens is 286 g/mol. The van der Waals surface area contributed by atoms with Crippen LogP contribution in [0.15, 0.2) is 23.1 Å². The number of pyridine rings is 1. The molecule has 21 heavy (non-hydrogen) atoms. The van der Waals surface area contributed by atoms with Crippen LogP contribution in [0.5, 0.6) is 5.75 Å². The molecule has 0 unspecified atom stereocenters.